The molecule has 1 N–H and O–H groups in total. The summed E-state index contributed by atoms with van der Waals surface area (Å²) in [6.45, 7) is 3.37. The number of rotatable bonds is 3. The van der Waals surface area contributed by atoms with Gasteiger partial charge in [0.05, 0.1) is 0 Å². The molecule has 1 saturated heterocycles. The molecular weight excluding hydrogens is 256 g/mol. The molecular formula is C13H16N6O. The smallest absolute Gasteiger partial charge is 0.156 e. The van der Waals surface area contributed by atoms with E-state index in [1.54, 1.807) is 18.7 Å². The summed E-state index contributed by atoms with van der Waals surface area (Å²) in [5.74, 6) is 2.28. The first-order valence-electron chi connectivity index (χ1n) is 6.55. The Kier molecular flexibility index (Phi) is 3.69. The Labute approximate surface area is 116 Å². The minimum absolute atomic E-state index is 0.130. The van der Waals surface area contributed by atoms with Crippen molar-refractivity contribution < 1.29 is 5.11 Å². The molecule has 0 atom stereocenters. The van der Waals surface area contributed by atoms with E-state index in [0.717, 1.165) is 37.8 Å². The number of hydrogen-bond acceptors (Lipinski definition) is 7. The Morgan fingerprint density at radius 1 is 0.950 bits per heavy atom. The van der Waals surface area contributed by atoms with Crippen LogP contribution in [0.1, 0.15) is 5.82 Å². The summed E-state index contributed by atoms with van der Waals surface area (Å²) in [6.07, 6.45) is 5.01. The van der Waals surface area contributed by atoms with Crippen molar-refractivity contribution in [2.75, 3.05) is 36.0 Å². The Bertz CT molecular complexity index is 556. The maximum Gasteiger partial charge on any atom is 0.156 e. The zero-order valence-corrected chi connectivity index (χ0v) is 11.1. The number of nitrogens with zero attached hydrogens (tertiary/aromatic N) is 6. The Hall–Kier alpha value is -2.28. The molecule has 0 aliphatic carbocycles. The second-order valence-corrected chi connectivity index (χ2v) is 4.53. The maximum atomic E-state index is 9.09. The summed E-state index contributed by atoms with van der Waals surface area (Å²) in [7, 11) is 0. The van der Waals surface area contributed by atoms with Crippen LogP contribution in [0, 0.1) is 0 Å². The minimum Gasteiger partial charge on any atom is -0.388 e. The molecule has 3 heterocycles. The maximum absolute atomic E-state index is 9.09. The number of piperazine rings is 1. The first-order valence-corrected chi connectivity index (χ1v) is 6.55. The molecule has 2 aromatic heterocycles. The fraction of sp³-hybridized carbons (Fsp3) is 0.385. The Balaban J connectivity index is 1.66. The van der Waals surface area contributed by atoms with E-state index in [-0.39, 0.29) is 6.61 Å². The summed E-state index contributed by atoms with van der Waals surface area (Å²) in [5, 5.41) is 9.09. The summed E-state index contributed by atoms with van der Waals surface area (Å²) in [6, 6.07) is 3.80. The molecule has 1 aliphatic rings. The van der Waals surface area contributed by atoms with E-state index in [1.165, 1.54) is 0 Å². The van der Waals surface area contributed by atoms with Crippen LogP contribution < -0.4 is 9.80 Å². The van der Waals surface area contributed by atoms with Crippen LogP contribution in [0.5, 0.6) is 0 Å². The van der Waals surface area contributed by atoms with Crippen LogP contribution in [0.25, 0.3) is 0 Å². The quantitative estimate of drug-likeness (QED) is 0.848. The predicted molar refractivity (Wildman–Crippen MR) is 74.4 cm³/mol. The number of aliphatic hydroxyl groups excluding tert-OH is 1. The fourth-order valence-corrected chi connectivity index (χ4v) is 2.28. The van der Waals surface area contributed by atoms with Gasteiger partial charge in [-0.1, -0.05) is 0 Å². The van der Waals surface area contributed by atoms with Crippen molar-refractivity contribution in [1.82, 2.24) is 19.9 Å². The zero-order valence-electron chi connectivity index (χ0n) is 11.1. The SMILES string of the molecule is OCc1nccc(N2CCN(c3ccncn3)CC2)n1. The standard InChI is InChI=1S/C13H16N6O/c20-9-11-15-4-2-13(17-11)19-7-5-18(6-8-19)12-1-3-14-10-16-12/h1-4,10,20H,5-9H2. The summed E-state index contributed by atoms with van der Waals surface area (Å²) in [4.78, 5) is 21.0. The minimum atomic E-state index is -0.130. The molecule has 0 amide bonds. The van der Waals surface area contributed by atoms with Crippen LogP contribution in [0.3, 0.4) is 0 Å². The fourth-order valence-electron chi connectivity index (χ4n) is 2.28. The van der Waals surface area contributed by atoms with Crippen LogP contribution in [0.2, 0.25) is 0 Å². The molecule has 3 rings (SSSR count). The van der Waals surface area contributed by atoms with Gasteiger partial charge >= 0.3 is 0 Å². The lowest BCUT2D eigenvalue weighted by Crippen LogP contribution is -2.47. The average molecular weight is 272 g/mol. The van der Waals surface area contributed by atoms with Crippen molar-refractivity contribution in [2.45, 2.75) is 6.61 Å². The van der Waals surface area contributed by atoms with E-state index >= 15 is 0 Å². The van der Waals surface area contributed by atoms with Gasteiger partial charge in [-0.25, -0.2) is 19.9 Å². The number of aliphatic hydroxyl groups is 1. The molecule has 2 aromatic rings. The molecule has 0 unspecified atom stereocenters. The summed E-state index contributed by atoms with van der Waals surface area (Å²) >= 11 is 0. The lowest BCUT2D eigenvalue weighted by atomic mass is 10.3. The predicted octanol–water partition coefficient (Wildman–Crippen LogP) is 0.0855. The van der Waals surface area contributed by atoms with E-state index in [0.29, 0.717) is 5.82 Å². The Morgan fingerprint density at radius 3 is 2.30 bits per heavy atom. The van der Waals surface area contributed by atoms with Crippen LogP contribution in [0.4, 0.5) is 11.6 Å². The largest absolute Gasteiger partial charge is 0.388 e. The normalized spacial score (nSPS) is 15.4. The van der Waals surface area contributed by atoms with Crippen molar-refractivity contribution in [3.05, 3.63) is 36.7 Å². The highest BCUT2D eigenvalue weighted by molar-refractivity contribution is 5.43. The van der Waals surface area contributed by atoms with E-state index in [4.69, 9.17) is 5.11 Å². The van der Waals surface area contributed by atoms with E-state index < -0.39 is 0 Å². The topological polar surface area (TPSA) is 78.3 Å². The first kappa shape index (κ1) is 12.7. The lowest BCUT2D eigenvalue weighted by molar-refractivity contribution is 0.271. The molecule has 20 heavy (non-hydrogen) atoms. The molecule has 0 spiro atoms. The van der Waals surface area contributed by atoms with E-state index in [2.05, 4.69) is 29.7 Å². The molecule has 1 fully saturated rings. The third-order valence-corrected chi connectivity index (χ3v) is 3.33. The van der Waals surface area contributed by atoms with Gasteiger partial charge in [-0.2, -0.15) is 0 Å². The number of hydrogen-bond donors (Lipinski definition) is 1. The monoisotopic (exact) mass is 272 g/mol. The van der Waals surface area contributed by atoms with Crippen molar-refractivity contribution >= 4 is 11.6 Å². The number of aromatic nitrogens is 4. The third-order valence-electron chi connectivity index (χ3n) is 3.33. The highest BCUT2D eigenvalue weighted by Crippen LogP contribution is 2.16. The molecule has 0 saturated carbocycles. The van der Waals surface area contributed by atoms with Crippen molar-refractivity contribution in [3.63, 3.8) is 0 Å². The van der Waals surface area contributed by atoms with E-state index in [1.807, 2.05) is 12.1 Å². The highest BCUT2D eigenvalue weighted by Gasteiger charge is 2.19. The second-order valence-electron chi connectivity index (χ2n) is 4.53. The van der Waals surface area contributed by atoms with Gasteiger partial charge in [-0.3, -0.25) is 0 Å². The summed E-state index contributed by atoms with van der Waals surface area (Å²) < 4.78 is 0. The molecule has 0 radical (unpaired) electrons. The van der Waals surface area contributed by atoms with Gasteiger partial charge in [0.1, 0.15) is 24.6 Å². The van der Waals surface area contributed by atoms with Gasteiger partial charge in [0.25, 0.3) is 0 Å². The van der Waals surface area contributed by atoms with Gasteiger partial charge in [0.2, 0.25) is 0 Å². The average Bonchev–Trinajstić information content (AvgIpc) is 2.56. The zero-order chi connectivity index (χ0) is 13.8. The highest BCUT2D eigenvalue weighted by atomic mass is 16.3. The van der Waals surface area contributed by atoms with E-state index in [9.17, 15) is 0 Å². The van der Waals surface area contributed by atoms with Crippen LogP contribution >= 0.6 is 0 Å². The van der Waals surface area contributed by atoms with Crippen molar-refractivity contribution in [1.29, 1.82) is 0 Å². The Morgan fingerprint density at radius 2 is 1.65 bits per heavy atom. The van der Waals surface area contributed by atoms with Gasteiger partial charge in [0.15, 0.2) is 5.82 Å². The van der Waals surface area contributed by atoms with Gasteiger partial charge in [-0.05, 0) is 12.1 Å². The van der Waals surface area contributed by atoms with Crippen molar-refractivity contribution in [3.8, 4) is 0 Å². The molecule has 104 valence electrons. The molecule has 7 heteroatoms. The van der Waals surface area contributed by atoms with Gasteiger partial charge in [-0.15, -0.1) is 0 Å². The van der Waals surface area contributed by atoms with Gasteiger partial charge in [0, 0.05) is 38.6 Å². The number of anilines is 2. The van der Waals surface area contributed by atoms with Crippen LogP contribution in [0.15, 0.2) is 30.9 Å². The first-order chi connectivity index (χ1) is 9.86. The van der Waals surface area contributed by atoms with Crippen LogP contribution in [-0.4, -0.2) is 51.2 Å². The molecule has 7 nitrogen and oxygen atoms in total. The second kappa shape index (κ2) is 5.79. The third kappa shape index (κ3) is 2.67. The molecule has 0 aromatic carbocycles. The van der Waals surface area contributed by atoms with Crippen molar-refractivity contribution in [2.24, 2.45) is 0 Å². The summed E-state index contributed by atoms with van der Waals surface area (Å²) in [5.41, 5.74) is 0. The lowest BCUT2D eigenvalue weighted by Gasteiger charge is -2.35. The molecule has 0 bridgehead atoms. The van der Waals surface area contributed by atoms with Gasteiger partial charge < -0.3 is 14.9 Å². The molecule has 1 aliphatic heterocycles. The van der Waals surface area contributed by atoms with Crippen LogP contribution in [-0.2, 0) is 6.61 Å².